The molecule has 0 aliphatic heterocycles. The number of carbonyl (C=O) groups excluding carboxylic acids is 1. The number of primary amides is 1. The van der Waals surface area contributed by atoms with E-state index in [0.29, 0.717) is 17.3 Å². The van der Waals surface area contributed by atoms with E-state index in [2.05, 4.69) is 10.2 Å². The van der Waals surface area contributed by atoms with Crippen LogP contribution in [0.15, 0.2) is 28.7 Å². The first-order valence-corrected chi connectivity index (χ1v) is 4.37. The van der Waals surface area contributed by atoms with Crippen LogP contribution in [-0.2, 0) is 0 Å². The van der Waals surface area contributed by atoms with Crippen LogP contribution in [0.2, 0.25) is 0 Å². The summed E-state index contributed by atoms with van der Waals surface area (Å²) in [6, 6.07) is 6.68. The minimum absolute atomic E-state index is 0.434. The number of nitrogens with two attached hydrogens (primary N) is 1. The van der Waals surface area contributed by atoms with Crippen molar-refractivity contribution in [1.29, 1.82) is 0 Å². The molecular formula is C10H9N3O2. The van der Waals surface area contributed by atoms with Gasteiger partial charge in [0.2, 0.25) is 17.7 Å². The van der Waals surface area contributed by atoms with Crippen LogP contribution in [0.4, 0.5) is 0 Å². The van der Waals surface area contributed by atoms with E-state index in [-0.39, 0.29) is 0 Å². The lowest BCUT2D eigenvalue weighted by atomic mass is 10.1. The molecule has 15 heavy (non-hydrogen) atoms. The van der Waals surface area contributed by atoms with Crippen molar-refractivity contribution in [2.75, 3.05) is 0 Å². The lowest BCUT2D eigenvalue weighted by Gasteiger charge is -1.96. The maximum absolute atomic E-state index is 10.8. The van der Waals surface area contributed by atoms with Gasteiger partial charge in [-0.05, 0) is 24.3 Å². The summed E-state index contributed by atoms with van der Waals surface area (Å²) in [6.45, 7) is 1.72. The Morgan fingerprint density at radius 2 is 1.93 bits per heavy atom. The second-order valence-corrected chi connectivity index (χ2v) is 3.07. The summed E-state index contributed by atoms with van der Waals surface area (Å²) in [5.74, 6) is 0.482. The number of nitrogens with zero attached hydrogens (tertiary/aromatic N) is 2. The molecule has 2 N–H and O–H groups in total. The van der Waals surface area contributed by atoms with Gasteiger partial charge in [0.25, 0.3) is 0 Å². The summed E-state index contributed by atoms with van der Waals surface area (Å²) < 4.78 is 5.23. The van der Waals surface area contributed by atoms with Crippen molar-refractivity contribution in [3.63, 3.8) is 0 Å². The van der Waals surface area contributed by atoms with Crippen molar-refractivity contribution >= 4 is 5.91 Å². The predicted octanol–water partition coefficient (Wildman–Crippen LogP) is 1.14. The summed E-state index contributed by atoms with van der Waals surface area (Å²) in [5, 5.41) is 7.57. The maximum Gasteiger partial charge on any atom is 0.248 e. The van der Waals surface area contributed by atoms with Crippen LogP contribution in [0.3, 0.4) is 0 Å². The number of aromatic nitrogens is 2. The van der Waals surface area contributed by atoms with Crippen LogP contribution in [0.25, 0.3) is 11.5 Å². The Balaban J connectivity index is 2.35. The van der Waals surface area contributed by atoms with E-state index in [9.17, 15) is 4.79 Å². The van der Waals surface area contributed by atoms with Gasteiger partial charge < -0.3 is 10.2 Å². The highest BCUT2D eigenvalue weighted by molar-refractivity contribution is 5.93. The third kappa shape index (κ3) is 1.85. The molecule has 5 nitrogen and oxygen atoms in total. The zero-order valence-corrected chi connectivity index (χ0v) is 8.10. The lowest BCUT2D eigenvalue weighted by molar-refractivity contribution is 0.100. The average Bonchev–Trinajstić information content (AvgIpc) is 2.65. The molecule has 0 radical (unpaired) electrons. The third-order valence-corrected chi connectivity index (χ3v) is 1.94. The molecular weight excluding hydrogens is 194 g/mol. The minimum atomic E-state index is -0.455. The van der Waals surface area contributed by atoms with Crippen molar-refractivity contribution < 1.29 is 9.21 Å². The third-order valence-electron chi connectivity index (χ3n) is 1.94. The summed E-state index contributed by atoms with van der Waals surface area (Å²) in [4.78, 5) is 10.8. The molecule has 2 rings (SSSR count). The molecule has 0 spiro atoms. The summed E-state index contributed by atoms with van der Waals surface area (Å²) in [5.41, 5.74) is 6.33. The molecule has 0 saturated heterocycles. The van der Waals surface area contributed by atoms with Crippen LogP contribution in [0.5, 0.6) is 0 Å². The number of rotatable bonds is 2. The van der Waals surface area contributed by atoms with E-state index in [0.717, 1.165) is 5.56 Å². The highest BCUT2D eigenvalue weighted by Crippen LogP contribution is 2.17. The zero-order chi connectivity index (χ0) is 10.8. The van der Waals surface area contributed by atoms with Crippen LogP contribution in [0.1, 0.15) is 16.2 Å². The Bertz CT molecular complexity index is 488. The smallest absolute Gasteiger partial charge is 0.248 e. The van der Waals surface area contributed by atoms with E-state index in [4.69, 9.17) is 10.2 Å². The largest absolute Gasteiger partial charge is 0.421 e. The topological polar surface area (TPSA) is 82.0 Å². The summed E-state index contributed by atoms with van der Waals surface area (Å²) in [7, 11) is 0. The van der Waals surface area contributed by atoms with Crippen molar-refractivity contribution in [1.82, 2.24) is 10.2 Å². The lowest BCUT2D eigenvalue weighted by Crippen LogP contribution is -2.10. The fraction of sp³-hybridized carbons (Fsp3) is 0.100. The van der Waals surface area contributed by atoms with Gasteiger partial charge in [-0.2, -0.15) is 0 Å². The van der Waals surface area contributed by atoms with Crippen molar-refractivity contribution in [3.8, 4) is 11.5 Å². The Hall–Kier alpha value is -2.17. The van der Waals surface area contributed by atoms with E-state index >= 15 is 0 Å². The number of carbonyl (C=O) groups is 1. The molecule has 1 aromatic heterocycles. The minimum Gasteiger partial charge on any atom is -0.421 e. The molecule has 0 fully saturated rings. The predicted molar refractivity (Wildman–Crippen MR) is 53.0 cm³/mol. The van der Waals surface area contributed by atoms with Crippen molar-refractivity contribution in [2.24, 2.45) is 5.73 Å². The fourth-order valence-electron chi connectivity index (χ4n) is 1.19. The van der Waals surface area contributed by atoms with Gasteiger partial charge in [0.1, 0.15) is 0 Å². The van der Waals surface area contributed by atoms with Crippen molar-refractivity contribution in [2.45, 2.75) is 6.92 Å². The SMILES string of the molecule is Cc1nnc(-c2ccc(C(N)=O)cc2)o1. The Kier molecular flexibility index (Phi) is 2.21. The number of aryl methyl sites for hydroxylation is 1. The van der Waals surface area contributed by atoms with Gasteiger partial charge in [0, 0.05) is 18.1 Å². The number of amides is 1. The van der Waals surface area contributed by atoms with Gasteiger partial charge in [-0.15, -0.1) is 10.2 Å². The van der Waals surface area contributed by atoms with Crippen molar-refractivity contribution in [3.05, 3.63) is 35.7 Å². The van der Waals surface area contributed by atoms with Gasteiger partial charge in [0.05, 0.1) is 0 Å². The Labute approximate surface area is 85.9 Å². The maximum atomic E-state index is 10.8. The molecule has 0 atom stereocenters. The van der Waals surface area contributed by atoms with E-state index in [1.54, 1.807) is 31.2 Å². The second kappa shape index (κ2) is 3.53. The molecule has 1 aromatic carbocycles. The summed E-state index contributed by atoms with van der Waals surface area (Å²) in [6.07, 6.45) is 0. The van der Waals surface area contributed by atoms with E-state index in [1.807, 2.05) is 0 Å². The molecule has 0 aliphatic carbocycles. The summed E-state index contributed by atoms with van der Waals surface area (Å²) >= 11 is 0. The molecule has 0 bridgehead atoms. The molecule has 0 unspecified atom stereocenters. The molecule has 2 aromatic rings. The molecule has 76 valence electrons. The standard InChI is InChI=1S/C10H9N3O2/c1-6-12-13-10(15-6)8-4-2-7(3-5-8)9(11)14/h2-5H,1H3,(H2,11,14). The molecule has 0 saturated carbocycles. The number of hydrogen-bond acceptors (Lipinski definition) is 4. The van der Waals surface area contributed by atoms with Crippen LogP contribution >= 0.6 is 0 Å². The van der Waals surface area contributed by atoms with Crippen LogP contribution in [-0.4, -0.2) is 16.1 Å². The second-order valence-electron chi connectivity index (χ2n) is 3.07. The van der Waals surface area contributed by atoms with Gasteiger partial charge in [-0.25, -0.2) is 0 Å². The molecule has 5 heteroatoms. The number of hydrogen-bond donors (Lipinski definition) is 1. The first-order chi connectivity index (χ1) is 7.16. The van der Waals surface area contributed by atoms with E-state index in [1.165, 1.54) is 0 Å². The average molecular weight is 203 g/mol. The van der Waals surface area contributed by atoms with Crippen LogP contribution in [0, 0.1) is 6.92 Å². The normalized spacial score (nSPS) is 10.2. The fourth-order valence-corrected chi connectivity index (χ4v) is 1.19. The Morgan fingerprint density at radius 3 is 2.40 bits per heavy atom. The number of benzene rings is 1. The van der Waals surface area contributed by atoms with Gasteiger partial charge in [-0.3, -0.25) is 4.79 Å². The molecule has 1 amide bonds. The van der Waals surface area contributed by atoms with Gasteiger partial charge in [-0.1, -0.05) is 0 Å². The van der Waals surface area contributed by atoms with E-state index < -0.39 is 5.91 Å². The molecule has 0 aliphatic rings. The Morgan fingerprint density at radius 1 is 1.27 bits per heavy atom. The first kappa shape index (κ1) is 9.39. The monoisotopic (exact) mass is 203 g/mol. The zero-order valence-electron chi connectivity index (χ0n) is 8.10. The molecule has 1 heterocycles. The highest BCUT2D eigenvalue weighted by Gasteiger charge is 2.06. The highest BCUT2D eigenvalue weighted by atomic mass is 16.4. The van der Waals surface area contributed by atoms with Gasteiger partial charge >= 0.3 is 0 Å². The van der Waals surface area contributed by atoms with Gasteiger partial charge in [0.15, 0.2) is 0 Å². The quantitative estimate of drug-likeness (QED) is 0.793. The first-order valence-electron chi connectivity index (χ1n) is 4.37. The van der Waals surface area contributed by atoms with Crippen LogP contribution < -0.4 is 5.73 Å².